The number of carbonyl (C=O) groups excluding carboxylic acids is 1. The Morgan fingerprint density at radius 1 is 1.32 bits per heavy atom. The average Bonchev–Trinajstić information content (AvgIpc) is 3.03. The van der Waals surface area contributed by atoms with Gasteiger partial charge in [-0.05, 0) is 24.6 Å². The van der Waals surface area contributed by atoms with Crippen molar-refractivity contribution in [3.05, 3.63) is 34.9 Å². The van der Waals surface area contributed by atoms with E-state index in [0.29, 0.717) is 19.8 Å². The minimum absolute atomic E-state index is 0.0254. The summed E-state index contributed by atoms with van der Waals surface area (Å²) >= 11 is 6.04. The molecule has 0 bridgehead atoms. The number of rotatable bonds is 5. The zero-order valence-corrected chi connectivity index (χ0v) is 15.4. The zero-order chi connectivity index (χ0) is 17.6. The van der Waals surface area contributed by atoms with E-state index >= 15 is 0 Å². The molecule has 1 aromatic carbocycles. The van der Waals surface area contributed by atoms with Crippen molar-refractivity contribution in [2.24, 2.45) is 0 Å². The van der Waals surface area contributed by atoms with Crippen LogP contribution in [0, 0.1) is 0 Å². The summed E-state index contributed by atoms with van der Waals surface area (Å²) in [4.78, 5) is 16.7. The molecule has 1 aromatic rings. The summed E-state index contributed by atoms with van der Waals surface area (Å²) in [5.41, 5.74) is 1.20. The summed E-state index contributed by atoms with van der Waals surface area (Å²) in [6.07, 6.45) is -0.0435. The molecule has 1 N–H and O–H groups in total. The van der Waals surface area contributed by atoms with Crippen molar-refractivity contribution in [1.82, 2.24) is 15.1 Å². The van der Waals surface area contributed by atoms with Gasteiger partial charge in [-0.1, -0.05) is 23.7 Å². The number of nitrogens with zero attached hydrogens (tertiary/aromatic N) is 2. The van der Waals surface area contributed by atoms with Crippen LogP contribution in [0.1, 0.15) is 12.5 Å². The molecule has 25 heavy (non-hydrogen) atoms. The van der Waals surface area contributed by atoms with Crippen molar-refractivity contribution >= 4 is 17.6 Å². The van der Waals surface area contributed by atoms with Gasteiger partial charge in [-0.2, -0.15) is 0 Å². The molecule has 2 atom stereocenters. The summed E-state index contributed by atoms with van der Waals surface area (Å²) in [5, 5.41) is 3.82. The van der Waals surface area contributed by atoms with Crippen LogP contribution in [-0.2, 0) is 16.0 Å². The fourth-order valence-corrected chi connectivity index (χ4v) is 3.51. The molecular formula is C18H26ClN3O3. The summed E-state index contributed by atoms with van der Waals surface area (Å²) in [6.45, 7) is 7.67. The Balaban J connectivity index is 1.44. The molecule has 0 saturated carbocycles. The molecule has 6 nitrogen and oxygen atoms in total. The van der Waals surface area contributed by atoms with Crippen molar-refractivity contribution in [3.8, 4) is 0 Å². The molecule has 0 spiro atoms. The number of hydrogen-bond acceptors (Lipinski definition) is 4. The van der Waals surface area contributed by atoms with E-state index < -0.39 is 0 Å². The van der Waals surface area contributed by atoms with E-state index in [0.717, 1.165) is 37.7 Å². The lowest BCUT2D eigenvalue weighted by Gasteiger charge is -2.35. The summed E-state index contributed by atoms with van der Waals surface area (Å²) in [5.74, 6) is 0. The standard InChI is InChI=1S/C18H26ClN3O3/c1-2-25-17-13-24-12-16(17)20-18(23)22-8-6-21(7-9-22)11-14-4-3-5-15(19)10-14/h3-5,10,16-17H,2,6-9,11-13H2,1H3,(H,20,23)/t16-,17-/m0/s1. The van der Waals surface area contributed by atoms with E-state index in [1.807, 2.05) is 30.0 Å². The summed E-state index contributed by atoms with van der Waals surface area (Å²) in [6, 6.07) is 7.85. The lowest BCUT2D eigenvalue weighted by molar-refractivity contribution is 0.0412. The van der Waals surface area contributed by atoms with Crippen molar-refractivity contribution in [2.45, 2.75) is 25.6 Å². The average molecular weight is 368 g/mol. The highest BCUT2D eigenvalue weighted by molar-refractivity contribution is 6.30. The molecule has 2 aliphatic rings. The molecular weight excluding hydrogens is 342 g/mol. The monoisotopic (exact) mass is 367 g/mol. The molecule has 0 aliphatic carbocycles. The molecule has 138 valence electrons. The van der Waals surface area contributed by atoms with Crippen LogP contribution in [0.4, 0.5) is 4.79 Å². The first-order valence-electron chi connectivity index (χ1n) is 8.87. The third-order valence-corrected chi connectivity index (χ3v) is 4.91. The third kappa shape index (κ3) is 5.07. The van der Waals surface area contributed by atoms with Crippen LogP contribution in [0.2, 0.25) is 5.02 Å². The Morgan fingerprint density at radius 2 is 2.12 bits per heavy atom. The molecule has 2 fully saturated rings. The van der Waals surface area contributed by atoms with Crippen molar-refractivity contribution in [3.63, 3.8) is 0 Å². The molecule has 0 radical (unpaired) electrons. The van der Waals surface area contributed by atoms with Crippen LogP contribution in [0.5, 0.6) is 0 Å². The Morgan fingerprint density at radius 3 is 2.84 bits per heavy atom. The number of amides is 2. The normalized spacial score (nSPS) is 24.5. The van der Waals surface area contributed by atoms with Gasteiger partial charge >= 0.3 is 6.03 Å². The van der Waals surface area contributed by atoms with Gasteiger partial charge in [0.15, 0.2) is 0 Å². The van der Waals surface area contributed by atoms with E-state index in [1.165, 1.54) is 5.56 Å². The smallest absolute Gasteiger partial charge is 0.317 e. The number of carbonyl (C=O) groups is 1. The molecule has 0 aromatic heterocycles. The Bertz CT molecular complexity index is 578. The largest absolute Gasteiger partial charge is 0.376 e. The number of ether oxygens (including phenoxy) is 2. The predicted octanol–water partition coefficient (Wildman–Crippen LogP) is 1.97. The Labute approximate surface area is 154 Å². The Hall–Kier alpha value is -1.34. The first kappa shape index (κ1) is 18.5. The number of benzene rings is 1. The third-order valence-electron chi connectivity index (χ3n) is 4.67. The SMILES string of the molecule is CCO[C@H]1COC[C@@H]1NC(=O)N1CCN(Cc2cccc(Cl)c2)CC1. The second-order valence-electron chi connectivity index (χ2n) is 6.48. The maximum Gasteiger partial charge on any atom is 0.317 e. The number of halogens is 1. The second-order valence-corrected chi connectivity index (χ2v) is 6.92. The van der Waals surface area contributed by atoms with Crippen LogP contribution < -0.4 is 5.32 Å². The molecule has 2 amide bonds. The molecule has 7 heteroatoms. The van der Waals surface area contributed by atoms with Crippen LogP contribution in [0.15, 0.2) is 24.3 Å². The van der Waals surface area contributed by atoms with Crippen LogP contribution in [0.3, 0.4) is 0 Å². The van der Waals surface area contributed by atoms with Gasteiger partial charge in [0.1, 0.15) is 6.10 Å². The number of nitrogens with one attached hydrogen (secondary N) is 1. The number of urea groups is 1. The van der Waals surface area contributed by atoms with Crippen LogP contribution in [-0.4, -0.2) is 74.0 Å². The summed E-state index contributed by atoms with van der Waals surface area (Å²) in [7, 11) is 0. The maximum absolute atomic E-state index is 12.5. The van der Waals surface area contributed by atoms with E-state index in [-0.39, 0.29) is 18.2 Å². The highest BCUT2D eigenvalue weighted by Crippen LogP contribution is 2.15. The van der Waals surface area contributed by atoms with Gasteiger partial charge in [-0.25, -0.2) is 4.79 Å². The van der Waals surface area contributed by atoms with Gasteiger partial charge in [0, 0.05) is 44.4 Å². The quantitative estimate of drug-likeness (QED) is 0.864. The second kappa shape index (κ2) is 8.85. The Kier molecular flexibility index (Phi) is 6.53. The maximum atomic E-state index is 12.5. The van der Waals surface area contributed by atoms with Gasteiger partial charge in [0.2, 0.25) is 0 Å². The molecule has 2 saturated heterocycles. The minimum Gasteiger partial charge on any atom is -0.376 e. The van der Waals surface area contributed by atoms with E-state index in [2.05, 4.69) is 16.3 Å². The fraction of sp³-hybridized carbons (Fsp3) is 0.611. The molecule has 2 heterocycles. The number of piperazine rings is 1. The molecule has 0 unspecified atom stereocenters. The van der Waals surface area contributed by atoms with E-state index in [4.69, 9.17) is 21.1 Å². The van der Waals surface area contributed by atoms with E-state index in [9.17, 15) is 4.79 Å². The fourth-order valence-electron chi connectivity index (χ4n) is 3.30. The van der Waals surface area contributed by atoms with Crippen molar-refractivity contribution in [2.75, 3.05) is 46.0 Å². The highest BCUT2D eigenvalue weighted by Gasteiger charge is 2.32. The zero-order valence-electron chi connectivity index (χ0n) is 14.6. The van der Waals surface area contributed by atoms with Gasteiger partial charge in [0.05, 0.1) is 19.3 Å². The van der Waals surface area contributed by atoms with Crippen molar-refractivity contribution < 1.29 is 14.3 Å². The van der Waals surface area contributed by atoms with Crippen molar-refractivity contribution in [1.29, 1.82) is 0 Å². The first-order chi connectivity index (χ1) is 12.2. The van der Waals surface area contributed by atoms with E-state index in [1.54, 1.807) is 0 Å². The van der Waals surface area contributed by atoms with Gasteiger partial charge in [-0.15, -0.1) is 0 Å². The van der Waals surface area contributed by atoms with Crippen LogP contribution >= 0.6 is 11.6 Å². The lowest BCUT2D eigenvalue weighted by atomic mass is 10.2. The minimum atomic E-state index is -0.0584. The highest BCUT2D eigenvalue weighted by atomic mass is 35.5. The predicted molar refractivity (Wildman–Crippen MR) is 96.9 cm³/mol. The van der Waals surface area contributed by atoms with Gasteiger partial charge in [-0.3, -0.25) is 4.90 Å². The van der Waals surface area contributed by atoms with Gasteiger partial charge < -0.3 is 19.7 Å². The number of hydrogen-bond donors (Lipinski definition) is 1. The summed E-state index contributed by atoms with van der Waals surface area (Å²) < 4.78 is 11.0. The van der Waals surface area contributed by atoms with Crippen LogP contribution in [0.25, 0.3) is 0 Å². The molecule has 2 aliphatic heterocycles. The topological polar surface area (TPSA) is 54.0 Å². The first-order valence-corrected chi connectivity index (χ1v) is 9.25. The molecule has 3 rings (SSSR count). The van der Waals surface area contributed by atoms with Gasteiger partial charge in [0.25, 0.3) is 0 Å². The lowest BCUT2D eigenvalue weighted by Crippen LogP contribution is -2.55.